The minimum absolute atomic E-state index is 0.256. The summed E-state index contributed by atoms with van der Waals surface area (Å²) in [4.78, 5) is 0. The van der Waals surface area contributed by atoms with Crippen molar-refractivity contribution in [1.82, 2.24) is 0 Å². The summed E-state index contributed by atoms with van der Waals surface area (Å²) in [6, 6.07) is 0. The van der Waals surface area contributed by atoms with E-state index in [-0.39, 0.29) is 5.41 Å². The largest absolute Gasteiger partial charge is 0.0719 e. The van der Waals surface area contributed by atoms with Gasteiger partial charge in [0.05, 0.1) is 0 Å². The molecule has 1 saturated carbocycles. The smallest absolute Gasteiger partial charge is 0.00417 e. The second-order valence-electron chi connectivity index (χ2n) is 6.68. The summed E-state index contributed by atoms with van der Waals surface area (Å²) < 4.78 is 0. The van der Waals surface area contributed by atoms with Crippen molar-refractivity contribution in [3.8, 4) is 0 Å². The van der Waals surface area contributed by atoms with Gasteiger partial charge in [0.25, 0.3) is 0 Å². The zero-order valence-electron chi connectivity index (χ0n) is 12.5. The van der Waals surface area contributed by atoms with E-state index in [1.165, 1.54) is 37.7 Å². The fraction of sp³-hybridized carbons (Fsp3) is 0.667. The number of rotatable bonds is 2. The Hall–Kier alpha value is -0.780. The van der Waals surface area contributed by atoms with Crippen molar-refractivity contribution in [3.63, 3.8) is 0 Å². The van der Waals surface area contributed by atoms with Gasteiger partial charge in [-0.2, -0.15) is 0 Å². The zero-order chi connectivity index (χ0) is 13.2. The van der Waals surface area contributed by atoms with Crippen LogP contribution in [0, 0.1) is 17.3 Å². The molecule has 0 amide bonds. The third-order valence-corrected chi connectivity index (χ3v) is 4.84. The van der Waals surface area contributed by atoms with Crippen molar-refractivity contribution in [2.75, 3.05) is 0 Å². The molecule has 0 heterocycles. The van der Waals surface area contributed by atoms with Gasteiger partial charge < -0.3 is 0 Å². The van der Waals surface area contributed by atoms with E-state index >= 15 is 0 Å². The average Bonchev–Trinajstić information content (AvgIpc) is 2.50. The Morgan fingerprint density at radius 3 is 2.39 bits per heavy atom. The molecule has 0 aromatic heterocycles. The van der Waals surface area contributed by atoms with E-state index in [1.54, 1.807) is 5.57 Å². The van der Waals surface area contributed by atoms with Crippen LogP contribution in [-0.2, 0) is 0 Å². The lowest BCUT2D eigenvalue weighted by atomic mass is 9.76. The molecule has 1 fully saturated rings. The third-order valence-electron chi connectivity index (χ3n) is 4.84. The van der Waals surface area contributed by atoms with Crippen LogP contribution < -0.4 is 0 Å². The van der Waals surface area contributed by atoms with E-state index in [2.05, 4.69) is 52.0 Å². The highest BCUT2D eigenvalue weighted by molar-refractivity contribution is 5.36. The van der Waals surface area contributed by atoms with Gasteiger partial charge in [-0.1, -0.05) is 63.5 Å². The van der Waals surface area contributed by atoms with Gasteiger partial charge in [-0.05, 0) is 43.6 Å². The summed E-state index contributed by atoms with van der Waals surface area (Å²) in [5.74, 6) is 1.75. The number of allylic oxidation sites excluding steroid dienone is 6. The maximum absolute atomic E-state index is 2.54. The van der Waals surface area contributed by atoms with Gasteiger partial charge >= 0.3 is 0 Å². The highest BCUT2D eigenvalue weighted by Crippen LogP contribution is 2.38. The monoisotopic (exact) mass is 244 g/mol. The summed E-state index contributed by atoms with van der Waals surface area (Å²) in [5.41, 5.74) is 3.26. The Balaban J connectivity index is 2.19. The molecule has 0 saturated heterocycles. The molecule has 0 heteroatoms. The molecule has 18 heavy (non-hydrogen) atoms. The quantitative estimate of drug-likeness (QED) is 0.587. The fourth-order valence-corrected chi connectivity index (χ4v) is 3.32. The first-order valence-electron chi connectivity index (χ1n) is 7.63. The Morgan fingerprint density at radius 1 is 1.11 bits per heavy atom. The average molecular weight is 244 g/mol. The van der Waals surface area contributed by atoms with E-state index in [0.29, 0.717) is 0 Å². The van der Waals surface area contributed by atoms with Gasteiger partial charge in [0.15, 0.2) is 0 Å². The Bertz CT molecular complexity index is 375. The third kappa shape index (κ3) is 3.16. The van der Waals surface area contributed by atoms with E-state index in [1.807, 2.05) is 0 Å². The van der Waals surface area contributed by atoms with Gasteiger partial charge in [0.2, 0.25) is 0 Å². The second kappa shape index (κ2) is 5.47. The SMILES string of the molecule is CCC1(C)C=C(C)C=CC(C2CCC(C)CC2)=C1. The van der Waals surface area contributed by atoms with E-state index in [4.69, 9.17) is 0 Å². The molecule has 1 unspecified atom stereocenters. The highest BCUT2D eigenvalue weighted by Gasteiger charge is 2.24. The van der Waals surface area contributed by atoms with Gasteiger partial charge in [-0.25, -0.2) is 0 Å². The molecule has 2 aliphatic carbocycles. The van der Waals surface area contributed by atoms with Gasteiger partial charge in [-0.15, -0.1) is 0 Å². The molecule has 0 bridgehead atoms. The maximum Gasteiger partial charge on any atom is 0.00417 e. The van der Waals surface area contributed by atoms with Crippen LogP contribution in [-0.4, -0.2) is 0 Å². The molecular weight excluding hydrogens is 216 g/mol. The summed E-state index contributed by atoms with van der Waals surface area (Å²) in [7, 11) is 0. The van der Waals surface area contributed by atoms with Gasteiger partial charge in [0.1, 0.15) is 0 Å². The van der Waals surface area contributed by atoms with Crippen LogP contribution in [0.5, 0.6) is 0 Å². The maximum atomic E-state index is 2.54. The lowest BCUT2D eigenvalue weighted by Crippen LogP contribution is -2.16. The minimum Gasteiger partial charge on any atom is -0.0719 e. The predicted octanol–water partition coefficient (Wildman–Crippen LogP) is 5.67. The molecule has 1 atom stereocenters. The van der Waals surface area contributed by atoms with Crippen molar-refractivity contribution < 1.29 is 0 Å². The van der Waals surface area contributed by atoms with E-state index in [9.17, 15) is 0 Å². The van der Waals surface area contributed by atoms with Crippen LogP contribution in [0.2, 0.25) is 0 Å². The van der Waals surface area contributed by atoms with Crippen molar-refractivity contribution in [1.29, 1.82) is 0 Å². The first kappa shape index (κ1) is 13.6. The lowest BCUT2D eigenvalue weighted by Gasteiger charge is -2.29. The van der Waals surface area contributed by atoms with E-state index < -0.39 is 0 Å². The molecule has 0 radical (unpaired) electrons. The van der Waals surface area contributed by atoms with Crippen LogP contribution in [0.4, 0.5) is 0 Å². The van der Waals surface area contributed by atoms with Crippen molar-refractivity contribution in [2.45, 2.75) is 59.8 Å². The molecule has 0 nitrogen and oxygen atoms in total. The molecule has 0 aromatic rings. The normalized spacial score (nSPS) is 36.9. The molecule has 0 N–H and O–H groups in total. The molecular formula is C18H28. The van der Waals surface area contributed by atoms with Gasteiger partial charge in [0, 0.05) is 5.41 Å². The molecule has 0 aliphatic heterocycles. The van der Waals surface area contributed by atoms with Crippen LogP contribution in [0.15, 0.2) is 35.5 Å². The summed E-state index contributed by atoms with van der Waals surface area (Å²) in [6.45, 7) is 9.29. The molecule has 2 rings (SSSR count). The van der Waals surface area contributed by atoms with Crippen LogP contribution in [0.25, 0.3) is 0 Å². The first-order chi connectivity index (χ1) is 8.52. The van der Waals surface area contributed by atoms with Crippen LogP contribution in [0.3, 0.4) is 0 Å². The Labute approximate surface area is 113 Å². The highest BCUT2D eigenvalue weighted by atomic mass is 14.3. The van der Waals surface area contributed by atoms with Gasteiger partial charge in [-0.3, -0.25) is 0 Å². The first-order valence-corrected chi connectivity index (χ1v) is 7.63. The lowest BCUT2D eigenvalue weighted by molar-refractivity contribution is 0.321. The van der Waals surface area contributed by atoms with Crippen molar-refractivity contribution in [3.05, 3.63) is 35.5 Å². The minimum atomic E-state index is 0.256. The number of hydrogen-bond donors (Lipinski definition) is 0. The van der Waals surface area contributed by atoms with Crippen LogP contribution >= 0.6 is 0 Å². The number of hydrogen-bond acceptors (Lipinski definition) is 0. The van der Waals surface area contributed by atoms with Crippen molar-refractivity contribution >= 4 is 0 Å². The van der Waals surface area contributed by atoms with E-state index in [0.717, 1.165) is 11.8 Å². The summed E-state index contributed by atoms with van der Waals surface area (Å²) in [6.07, 6.45) is 16.4. The summed E-state index contributed by atoms with van der Waals surface area (Å²) >= 11 is 0. The fourth-order valence-electron chi connectivity index (χ4n) is 3.32. The molecule has 0 aromatic carbocycles. The molecule has 0 spiro atoms. The summed E-state index contributed by atoms with van der Waals surface area (Å²) in [5, 5.41) is 0. The molecule has 100 valence electrons. The standard InChI is InChI=1S/C18H28/c1-5-18(4)12-15(3)8-11-17(13-18)16-9-6-14(2)7-10-16/h8,11-14,16H,5-7,9-10H2,1-4H3. The second-order valence-corrected chi connectivity index (χ2v) is 6.68. The zero-order valence-corrected chi connectivity index (χ0v) is 12.5. The topological polar surface area (TPSA) is 0 Å². The van der Waals surface area contributed by atoms with Crippen LogP contribution in [0.1, 0.15) is 59.8 Å². The Kier molecular flexibility index (Phi) is 4.14. The predicted molar refractivity (Wildman–Crippen MR) is 80.5 cm³/mol. The van der Waals surface area contributed by atoms with Crippen molar-refractivity contribution in [2.24, 2.45) is 17.3 Å². The molecule has 2 aliphatic rings. The Morgan fingerprint density at radius 2 is 1.78 bits per heavy atom.